The van der Waals surface area contributed by atoms with Crippen molar-refractivity contribution in [2.24, 2.45) is 0 Å². The van der Waals surface area contributed by atoms with Crippen LogP contribution in [-0.4, -0.2) is 47.5 Å². The van der Waals surface area contributed by atoms with E-state index in [1.54, 1.807) is 19.1 Å². The number of nitrogens with two attached hydrogens (primary N) is 1. The summed E-state index contributed by atoms with van der Waals surface area (Å²) in [6, 6.07) is 14.6. The van der Waals surface area contributed by atoms with Gasteiger partial charge < -0.3 is 20.7 Å². The minimum Gasteiger partial charge on any atom is -0.480 e. The predicted octanol–water partition coefficient (Wildman–Crippen LogP) is 4.76. The number of hydrogen-bond donors (Lipinski definition) is 3. The Hall–Kier alpha value is -4.31. The van der Waals surface area contributed by atoms with E-state index in [0.717, 1.165) is 53.2 Å². The monoisotopic (exact) mass is 527 g/mol. The van der Waals surface area contributed by atoms with Gasteiger partial charge in [-0.25, -0.2) is 19.0 Å². The fourth-order valence-corrected chi connectivity index (χ4v) is 5.66. The van der Waals surface area contributed by atoms with Gasteiger partial charge in [0.25, 0.3) is 0 Å². The van der Waals surface area contributed by atoms with Gasteiger partial charge in [-0.15, -0.1) is 0 Å². The van der Waals surface area contributed by atoms with E-state index in [-0.39, 0.29) is 17.9 Å². The van der Waals surface area contributed by atoms with Crippen molar-refractivity contribution >= 4 is 33.7 Å². The van der Waals surface area contributed by atoms with Crippen LogP contribution < -0.4 is 11.1 Å². The number of fused-ring (bicyclic) bond motifs is 2. The molecule has 39 heavy (non-hydrogen) atoms. The molecular formula is C29H30FN7O2. The fourth-order valence-electron chi connectivity index (χ4n) is 5.66. The Kier molecular flexibility index (Phi) is 6.48. The van der Waals surface area contributed by atoms with E-state index in [1.165, 1.54) is 12.4 Å². The third kappa shape index (κ3) is 4.72. The lowest BCUT2D eigenvalue weighted by atomic mass is 9.91. The van der Waals surface area contributed by atoms with Crippen molar-refractivity contribution in [3.63, 3.8) is 0 Å². The maximum Gasteiger partial charge on any atom is 0.320 e. The molecule has 9 nitrogen and oxygen atoms in total. The first kappa shape index (κ1) is 25.0. The molecule has 1 aliphatic rings. The van der Waals surface area contributed by atoms with Crippen molar-refractivity contribution < 1.29 is 14.3 Å². The average molecular weight is 528 g/mol. The number of aliphatic carboxylic acids is 1. The van der Waals surface area contributed by atoms with Gasteiger partial charge in [0.05, 0.1) is 18.0 Å². The fraction of sp³-hybridized carbons (Fsp3) is 0.310. The number of anilines is 1. The predicted molar refractivity (Wildman–Crippen MR) is 148 cm³/mol. The van der Waals surface area contributed by atoms with Gasteiger partial charge in [0.1, 0.15) is 29.7 Å². The smallest absolute Gasteiger partial charge is 0.320 e. The van der Waals surface area contributed by atoms with E-state index < -0.39 is 12.0 Å². The summed E-state index contributed by atoms with van der Waals surface area (Å²) in [5.74, 6) is -0.680. The summed E-state index contributed by atoms with van der Waals surface area (Å²) in [5.41, 5.74) is 10.3. The molecule has 0 radical (unpaired) electrons. The minimum absolute atomic E-state index is 0.124. The molecule has 0 bridgehead atoms. The Bertz CT molecular complexity index is 1670. The lowest BCUT2D eigenvalue weighted by molar-refractivity contribution is -0.139. The van der Waals surface area contributed by atoms with Crippen LogP contribution in [0, 0.1) is 5.82 Å². The van der Waals surface area contributed by atoms with Gasteiger partial charge in [0, 0.05) is 34.3 Å². The number of nitrogens with zero attached hydrogens (tertiary/aromatic N) is 5. The van der Waals surface area contributed by atoms with Gasteiger partial charge in [-0.2, -0.15) is 5.10 Å². The molecule has 0 unspecified atom stereocenters. The lowest BCUT2D eigenvalue weighted by Crippen LogP contribution is -2.43. The highest BCUT2D eigenvalue weighted by molar-refractivity contribution is 6.00. The maximum absolute atomic E-state index is 14.2. The molecule has 2 aromatic carbocycles. The van der Waals surface area contributed by atoms with E-state index in [2.05, 4.69) is 21.4 Å². The van der Waals surface area contributed by atoms with Crippen LogP contribution in [-0.2, 0) is 11.3 Å². The second-order valence-electron chi connectivity index (χ2n) is 10.3. The van der Waals surface area contributed by atoms with Crippen LogP contribution in [0.5, 0.6) is 0 Å². The topological polar surface area (TPSA) is 124 Å². The number of nitrogen functional groups attached to an aromatic ring is 1. The van der Waals surface area contributed by atoms with Crippen molar-refractivity contribution in [2.75, 3.05) is 5.73 Å². The molecule has 200 valence electrons. The standard InChI is InChI=1S/C29H30FN7O2/c1-17(29(38)39)34-21-7-9-22(10-8-21)37-28-25(27(31)32-16-33-28)26(35-37)19-6-11-24-18(14-19)12-13-36(24)15-20-4-2-3-5-23(20)30/h2-6,11-14,16-17,21-22,34H,7-10,15H2,1H3,(H,38,39)(H2,31,32,33)/t17-,21?,22?/m0/s1. The SMILES string of the molecule is C[C@H](NC1CCC(n2nc(-c3ccc4c(ccn4Cc4ccccc4F)c3)c3c(N)ncnc32)CC1)C(=O)O. The average Bonchev–Trinajstić information content (AvgIpc) is 3.52. The second kappa shape index (κ2) is 10.1. The number of aromatic nitrogens is 5. The summed E-state index contributed by atoms with van der Waals surface area (Å²) in [5, 5.41) is 19.2. The van der Waals surface area contributed by atoms with Crippen LogP contribution in [0.15, 0.2) is 61.1 Å². The van der Waals surface area contributed by atoms with Crippen molar-refractivity contribution in [3.05, 3.63) is 72.4 Å². The molecule has 5 aromatic rings. The van der Waals surface area contributed by atoms with Crippen molar-refractivity contribution in [1.82, 2.24) is 29.6 Å². The number of carboxylic acids is 1. The minimum atomic E-state index is -0.841. The molecule has 1 atom stereocenters. The Morgan fingerprint density at radius 2 is 1.95 bits per heavy atom. The first-order valence-electron chi connectivity index (χ1n) is 13.2. The first-order valence-corrected chi connectivity index (χ1v) is 13.2. The maximum atomic E-state index is 14.2. The van der Waals surface area contributed by atoms with Gasteiger partial charge >= 0.3 is 5.97 Å². The normalized spacial score (nSPS) is 18.5. The zero-order valence-corrected chi connectivity index (χ0v) is 21.6. The zero-order valence-electron chi connectivity index (χ0n) is 21.6. The van der Waals surface area contributed by atoms with Gasteiger partial charge in [-0.3, -0.25) is 4.79 Å². The number of hydrogen-bond acceptors (Lipinski definition) is 6. The molecule has 10 heteroatoms. The van der Waals surface area contributed by atoms with Gasteiger partial charge in [0.2, 0.25) is 0 Å². The molecule has 1 saturated carbocycles. The van der Waals surface area contributed by atoms with Crippen LogP contribution >= 0.6 is 0 Å². The number of rotatable bonds is 7. The van der Waals surface area contributed by atoms with Crippen LogP contribution in [0.1, 0.15) is 44.2 Å². The number of nitrogens with one attached hydrogen (secondary N) is 1. The number of benzene rings is 2. The van der Waals surface area contributed by atoms with Crippen LogP contribution in [0.3, 0.4) is 0 Å². The van der Waals surface area contributed by atoms with Gasteiger partial charge in [-0.05, 0) is 56.9 Å². The van der Waals surface area contributed by atoms with Crippen molar-refractivity contribution in [1.29, 1.82) is 0 Å². The summed E-state index contributed by atoms with van der Waals surface area (Å²) in [7, 11) is 0. The van der Waals surface area contributed by atoms with E-state index in [0.29, 0.717) is 23.6 Å². The third-order valence-corrected chi connectivity index (χ3v) is 7.76. The molecule has 0 aliphatic heterocycles. The molecule has 0 amide bonds. The zero-order chi connectivity index (χ0) is 27.1. The quantitative estimate of drug-likeness (QED) is 0.279. The summed E-state index contributed by atoms with van der Waals surface area (Å²) in [4.78, 5) is 20.0. The number of carboxylic acid groups (broad SMARTS) is 1. The summed E-state index contributed by atoms with van der Waals surface area (Å²) >= 11 is 0. The highest BCUT2D eigenvalue weighted by Crippen LogP contribution is 2.37. The van der Waals surface area contributed by atoms with E-state index in [1.807, 2.05) is 39.7 Å². The Labute approximate surface area is 224 Å². The molecule has 0 spiro atoms. The molecule has 3 aromatic heterocycles. The lowest BCUT2D eigenvalue weighted by Gasteiger charge is -2.30. The largest absolute Gasteiger partial charge is 0.480 e. The van der Waals surface area contributed by atoms with Crippen molar-refractivity contribution in [3.8, 4) is 11.3 Å². The highest BCUT2D eigenvalue weighted by atomic mass is 19.1. The van der Waals surface area contributed by atoms with E-state index in [9.17, 15) is 14.3 Å². The molecule has 6 rings (SSSR count). The first-order chi connectivity index (χ1) is 18.9. The molecule has 4 N–H and O–H groups in total. The number of carbonyl (C=O) groups is 1. The summed E-state index contributed by atoms with van der Waals surface area (Å²) in [6.45, 7) is 2.11. The van der Waals surface area contributed by atoms with Gasteiger partial charge in [-0.1, -0.05) is 24.3 Å². The van der Waals surface area contributed by atoms with E-state index >= 15 is 0 Å². The van der Waals surface area contributed by atoms with E-state index in [4.69, 9.17) is 10.8 Å². The molecular weight excluding hydrogens is 497 g/mol. The highest BCUT2D eigenvalue weighted by Gasteiger charge is 2.28. The Morgan fingerprint density at radius 1 is 1.15 bits per heavy atom. The molecule has 1 aliphatic carbocycles. The van der Waals surface area contributed by atoms with Gasteiger partial charge in [0.15, 0.2) is 5.65 Å². The summed E-state index contributed by atoms with van der Waals surface area (Å²) < 4.78 is 18.2. The number of halogens is 1. The molecule has 3 heterocycles. The third-order valence-electron chi connectivity index (χ3n) is 7.76. The second-order valence-corrected chi connectivity index (χ2v) is 10.3. The van der Waals surface area contributed by atoms with Crippen LogP contribution in [0.2, 0.25) is 0 Å². The Morgan fingerprint density at radius 3 is 2.72 bits per heavy atom. The molecule has 0 saturated heterocycles. The Balaban J connectivity index is 1.31. The molecule has 1 fully saturated rings. The summed E-state index contributed by atoms with van der Waals surface area (Å²) in [6.07, 6.45) is 6.83. The van der Waals surface area contributed by atoms with Crippen molar-refractivity contribution in [2.45, 2.75) is 57.3 Å². The van der Waals surface area contributed by atoms with Crippen LogP contribution in [0.4, 0.5) is 10.2 Å². The van der Waals surface area contributed by atoms with Crippen LogP contribution in [0.25, 0.3) is 33.2 Å².